The molecule has 3 rings (SSSR count). The number of benzene rings is 1. The third kappa shape index (κ3) is 2.64. The summed E-state index contributed by atoms with van der Waals surface area (Å²) in [5.74, 6) is 0.344. The molecule has 1 aromatic carbocycles. The minimum atomic E-state index is -0.195. The zero-order chi connectivity index (χ0) is 14.8. The lowest BCUT2D eigenvalue weighted by atomic mass is 10.1. The highest BCUT2D eigenvalue weighted by atomic mass is 79.9. The first-order valence-electron chi connectivity index (χ1n) is 6.28. The molecule has 2 heterocycles. The van der Waals surface area contributed by atoms with Crippen molar-refractivity contribution in [1.82, 2.24) is 9.97 Å². The van der Waals surface area contributed by atoms with Crippen molar-refractivity contribution in [2.45, 2.75) is 0 Å². The van der Waals surface area contributed by atoms with E-state index in [1.54, 1.807) is 12.3 Å². The molecule has 0 aliphatic carbocycles. The molecule has 0 saturated heterocycles. The van der Waals surface area contributed by atoms with E-state index in [0.717, 1.165) is 10.9 Å². The average Bonchev–Trinajstić information content (AvgIpc) is 2.53. The quantitative estimate of drug-likeness (QED) is 0.682. The number of hydrogen-bond acceptors (Lipinski definition) is 4. The summed E-state index contributed by atoms with van der Waals surface area (Å²) in [5, 5.41) is 0.977. The number of halogens is 1. The van der Waals surface area contributed by atoms with Crippen molar-refractivity contribution >= 4 is 32.6 Å². The van der Waals surface area contributed by atoms with E-state index < -0.39 is 0 Å². The van der Waals surface area contributed by atoms with Crippen LogP contribution in [0.25, 0.3) is 10.9 Å². The molecule has 0 radical (unpaired) electrons. The van der Waals surface area contributed by atoms with E-state index >= 15 is 0 Å². The van der Waals surface area contributed by atoms with E-state index in [2.05, 4.69) is 25.9 Å². The SMILES string of the molecule is COc1cncc(C(=O)c2nc3ccccc3cc2Br)c1. The van der Waals surface area contributed by atoms with Gasteiger partial charge in [-0.25, -0.2) is 4.98 Å². The number of ketones is 1. The summed E-state index contributed by atoms with van der Waals surface area (Å²) in [5.41, 5.74) is 1.58. The number of rotatable bonds is 3. The van der Waals surface area contributed by atoms with Gasteiger partial charge in [-0.1, -0.05) is 18.2 Å². The van der Waals surface area contributed by atoms with Crippen molar-refractivity contribution in [3.63, 3.8) is 0 Å². The molecule has 0 aliphatic rings. The molecule has 104 valence electrons. The van der Waals surface area contributed by atoms with Gasteiger partial charge >= 0.3 is 0 Å². The fourth-order valence-corrected chi connectivity index (χ4v) is 2.56. The zero-order valence-corrected chi connectivity index (χ0v) is 12.8. The molecule has 0 amide bonds. The molecule has 4 nitrogen and oxygen atoms in total. The average molecular weight is 343 g/mol. The lowest BCUT2D eigenvalue weighted by Crippen LogP contribution is -2.06. The first kappa shape index (κ1) is 13.7. The maximum Gasteiger partial charge on any atom is 0.214 e. The van der Waals surface area contributed by atoms with Gasteiger partial charge in [0, 0.05) is 21.6 Å². The molecular weight excluding hydrogens is 332 g/mol. The summed E-state index contributed by atoms with van der Waals surface area (Å²) in [7, 11) is 1.54. The molecule has 3 aromatic rings. The molecule has 21 heavy (non-hydrogen) atoms. The van der Waals surface area contributed by atoms with Crippen LogP contribution in [-0.2, 0) is 0 Å². The van der Waals surface area contributed by atoms with E-state index in [-0.39, 0.29) is 5.78 Å². The van der Waals surface area contributed by atoms with Gasteiger partial charge in [-0.2, -0.15) is 0 Å². The largest absolute Gasteiger partial charge is 0.495 e. The van der Waals surface area contributed by atoms with Gasteiger partial charge < -0.3 is 4.74 Å². The third-order valence-electron chi connectivity index (χ3n) is 3.10. The van der Waals surface area contributed by atoms with Crippen molar-refractivity contribution in [2.24, 2.45) is 0 Å². The van der Waals surface area contributed by atoms with Gasteiger partial charge in [-0.3, -0.25) is 9.78 Å². The van der Waals surface area contributed by atoms with Gasteiger partial charge in [-0.15, -0.1) is 0 Å². The first-order chi connectivity index (χ1) is 10.2. The molecule has 0 unspecified atom stereocenters. The van der Waals surface area contributed by atoms with Gasteiger partial charge in [0.1, 0.15) is 11.4 Å². The zero-order valence-electron chi connectivity index (χ0n) is 11.2. The van der Waals surface area contributed by atoms with Gasteiger partial charge in [0.2, 0.25) is 5.78 Å². The van der Waals surface area contributed by atoms with Crippen LogP contribution < -0.4 is 4.74 Å². The second kappa shape index (κ2) is 5.61. The summed E-state index contributed by atoms with van der Waals surface area (Å²) in [6, 6.07) is 11.2. The Bertz CT molecular complexity index is 833. The normalized spacial score (nSPS) is 10.6. The number of carbonyl (C=O) groups is 1. The predicted molar refractivity (Wildman–Crippen MR) is 83.7 cm³/mol. The lowest BCUT2D eigenvalue weighted by molar-refractivity contribution is 0.103. The van der Waals surface area contributed by atoms with E-state index in [1.165, 1.54) is 13.3 Å². The van der Waals surface area contributed by atoms with Gasteiger partial charge in [0.05, 0.1) is 18.8 Å². The van der Waals surface area contributed by atoms with Crippen molar-refractivity contribution in [3.8, 4) is 5.75 Å². The van der Waals surface area contributed by atoms with Crippen LogP contribution in [0.15, 0.2) is 53.3 Å². The summed E-state index contributed by atoms with van der Waals surface area (Å²) >= 11 is 3.42. The minimum Gasteiger partial charge on any atom is -0.495 e. The Hall–Kier alpha value is -2.27. The van der Waals surface area contributed by atoms with Crippen LogP contribution >= 0.6 is 15.9 Å². The maximum atomic E-state index is 12.6. The number of nitrogens with zero attached hydrogens (tertiary/aromatic N) is 2. The Morgan fingerprint density at radius 1 is 1.19 bits per heavy atom. The van der Waals surface area contributed by atoms with Crippen molar-refractivity contribution < 1.29 is 9.53 Å². The number of pyridine rings is 2. The molecule has 0 aliphatic heterocycles. The molecule has 0 N–H and O–H groups in total. The number of carbonyl (C=O) groups excluding carboxylic acids is 1. The molecule has 5 heteroatoms. The minimum absolute atomic E-state index is 0.195. The number of para-hydroxylation sites is 1. The molecule has 0 spiro atoms. The first-order valence-corrected chi connectivity index (χ1v) is 7.07. The molecule has 0 fully saturated rings. The van der Waals surface area contributed by atoms with Crippen LogP contribution in [0.1, 0.15) is 16.1 Å². The Balaban J connectivity index is 2.10. The standard InChI is InChI=1S/C16H11BrN2O2/c1-21-12-6-11(8-18-9-12)16(20)15-13(17)7-10-4-2-3-5-14(10)19-15/h2-9H,1H3. The highest BCUT2D eigenvalue weighted by molar-refractivity contribution is 9.10. The molecular formula is C16H11BrN2O2. The number of ether oxygens (including phenoxy) is 1. The highest BCUT2D eigenvalue weighted by Crippen LogP contribution is 2.24. The summed E-state index contributed by atoms with van der Waals surface area (Å²) in [4.78, 5) is 21.0. The molecule has 0 saturated carbocycles. The van der Waals surface area contributed by atoms with Crippen LogP contribution in [0, 0.1) is 0 Å². The van der Waals surface area contributed by atoms with E-state index in [9.17, 15) is 4.79 Å². The lowest BCUT2D eigenvalue weighted by Gasteiger charge is -2.06. The molecule has 2 aromatic heterocycles. The second-order valence-corrected chi connectivity index (χ2v) is 5.31. The Kier molecular flexibility index (Phi) is 3.66. The number of aromatic nitrogens is 2. The molecule has 0 atom stereocenters. The number of methoxy groups -OCH3 is 1. The number of fused-ring (bicyclic) bond motifs is 1. The topological polar surface area (TPSA) is 52.1 Å². The van der Waals surface area contributed by atoms with Gasteiger partial charge in [-0.05, 0) is 34.1 Å². The third-order valence-corrected chi connectivity index (χ3v) is 3.71. The van der Waals surface area contributed by atoms with Crippen LogP contribution in [-0.4, -0.2) is 22.9 Å². The molecule has 0 bridgehead atoms. The maximum absolute atomic E-state index is 12.6. The van der Waals surface area contributed by atoms with Crippen molar-refractivity contribution in [3.05, 3.63) is 64.5 Å². The summed E-state index contributed by atoms with van der Waals surface area (Å²) in [6.07, 6.45) is 3.06. The Morgan fingerprint density at radius 3 is 2.81 bits per heavy atom. The number of hydrogen-bond donors (Lipinski definition) is 0. The van der Waals surface area contributed by atoms with Gasteiger partial charge in [0.25, 0.3) is 0 Å². The van der Waals surface area contributed by atoms with Crippen LogP contribution in [0.5, 0.6) is 5.75 Å². The van der Waals surface area contributed by atoms with E-state index in [4.69, 9.17) is 4.74 Å². The van der Waals surface area contributed by atoms with Crippen LogP contribution in [0.2, 0.25) is 0 Å². The van der Waals surface area contributed by atoms with E-state index in [1.807, 2.05) is 30.3 Å². The van der Waals surface area contributed by atoms with Crippen molar-refractivity contribution in [2.75, 3.05) is 7.11 Å². The highest BCUT2D eigenvalue weighted by Gasteiger charge is 2.16. The van der Waals surface area contributed by atoms with Gasteiger partial charge in [0.15, 0.2) is 0 Å². The van der Waals surface area contributed by atoms with Crippen LogP contribution in [0.3, 0.4) is 0 Å². The predicted octanol–water partition coefficient (Wildman–Crippen LogP) is 3.63. The van der Waals surface area contributed by atoms with E-state index in [0.29, 0.717) is 21.5 Å². The summed E-state index contributed by atoms with van der Waals surface area (Å²) < 4.78 is 5.76. The summed E-state index contributed by atoms with van der Waals surface area (Å²) in [6.45, 7) is 0. The Labute approximate surface area is 129 Å². The van der Waals surface area contributed by atoms with Crippen LogP contribution in [0.4, 0.5) is 0 Å². The second-order valence-electron chi connectivity index (χ2n) is 4.45. The fraction of sp³-hybridized carbons (Fsp3) is 0.0625. The van der Waals surface area contributed by atoms with Crippen molar-refractivity contribution in [1.29, 1.82) is 0 Å². The monoisotopic (exact) mass is 342 g/mol. The smallest absolute Gasteiger partial charge is 0.214 e. The fourth-order valence-electron chi connectivity index (χ4n) is 2.04. The Morgan fingerprint density at radius 2 is 2.00 bits per heavy atom.